The van der Waals surface area contributed by atoms with Gasteiger partial charge in [-0.2, -0.15) is 4.98 Å². The number of carbonyl (C=O) groups excluding carboxylic acids is 1. The molecule has 30 heavy (non-hydrogen) atoms. The minimum atomic E-state index is 0.0304. The van der Waals surface area contributed by atoms with Gasteiger partial charge in [-0.15, -0.1) is 0 Å². The van der Waals surface area contributed by atoms with Crippen molar-refractivity contribution < 1.29 is 14.1 Å². The topological polar surface area (TPSA) is 93.4 Å². The van der Waals surface area contributed by atoms with Crippen molar-refractivity contribution in [3.63, 3.8) is 0 Å². The maximum absolute atomic E-state index is 11.7. The highest BCUT2D eigenvalue weighted by Crippen LogP contribution is 2.39. The number of nitrogens with one attached hydrogen (secondary N) is 1. The van der Waals surface area contributed by atoms with Crippen LogP contribution in [0.3, 0.4) is 0 Å². The number of ether oxygens (including phenoxy) is 1. The standard InChI is InChI=1S/C22H29N5O3/c1-14(28)24-19-8-17-10-27(11-18(17)9-20(19)29-13-15-2-3-15)12-21-25-22(26-30-21)16-4-6-23-7-5-16/h4-7,15,17-20H,2-3,8-13H2,1H3,(H,24,28)/t17-,18+,19-,20-/m1/s1. The van der Waals surface area contributed by atoms with Gasteiger partial charge in [0.2, 0.25) is 17.6 Å². The molecule has 3 fully saturated rings. The molecular formula is C22H29N5O3. The Morgan fingerprint density at radius 2 is 2.00 bits per heavy atom. The predicted octanol–water partition coefficient (Wildman–Crippen LogP) is 2.27. The Kier molecular flexibility index (Phi) is 5.52. The number of rotatable bonds is 7. The first-order valence-corrected chi connectivity index (χ1v) is 11.0. The van der Waals surface area contributed by atoms with Crippen LogP contribution in [0.4, 0.5) is 0 Å². The number of hydrogen-bond donors (Lipinski definition) is 1. The molecule has 4 atom stereocenters. The zero-order valence-electron chi connectivity index (χ0n) is 17.4. The zero-order valence-corrected chi connectivity index (χ0v) is 17.4. The van der Waals surface area contributed by atoms with Crippen LogP contribution < -0.4 is 5.32 Å². The van der Waals surface area contributed by atoms with Crippen molar-refractivity contribution in [2.24, 2.45) is 17.8 Å². The fourth-order valence-electron chi connectivity index (χ4n) is 4.91. The van der Waals surface area contributed by atoms with E-state index in [9.17, 15) is 4.79 Å². The number of likely N-dealkylation sites (tertiary alicyclic amines) is 1. The first kappa shape index (κ1) is 19.6. The van der Waals surface area contributed by atoms with E-state index in [0.29, 0.717) is 30.1 Å². The highest BCUT2D eigenvalue weighted by Gasteiger charge is 2.43. The van der Waals surface area contributed by atoms with Crippen molar-refractivity contribution in [1.82, 2.24) is 25.3 Å². The molecule has 1 amide bonds. The lowest BCUT2D eigenvalue weighted by molar-refractivity contribution is -0.122. The van der Waals surface area contributed by atoms with Gasteiger partial charge in [0, 0.05) is 44.6 Å². The van der Waals surface area contributed by atoms with Gasteiger partial charge in [0.25, 0.3) is 0 Å². The number of nitrogens with zero attached hydrogens (tertiary/aromatic N) is 4. The molecule has 2 aliphatic carbocycles. The van der Waals surface area contributed by atoms with E-state index in [2.05, 4.69) is 25.3 Å². The molecule has 8 nitrogen and oxygen atoms in total. The Labute approximate surface area is 176 Å². The van der Waals surface area contributed by atoms with Crippen molar-refractivity contribution in [3.05, 3.63) is 30.4 Å². The molecule has 3 aliphatic rings. The summed E-state index contributed by atoms with van der Waals surface area (Å²) < 4.78 is 11.8. The second kappa shape index (κ2) is 8.43. The fraction of sp³-hybridized carbons (Fsp3) is 0.636. The van der Waals surface area contributed by atoms with E-state index >= 15 is 0 Å². The lowest BCUT2D eigenvalue weighted by Gasteiger charge is -2.38. The third kappa shape index (κ3) is 4.54. The average Bonchev–Trinajstić information content (AvgIpc) is 3.31. The molecule has 0 aromatic carbocycles. The maximum Gasteiger partial charge on any atom is 0.241 e. The Bertz CT molecular complexity index is 869. The molecule has 0 spiro atoms. The summed E-state index contributed by atoms with van der Waals surface area (Å²) in [6.45, 7) is 5.09. The first-order chi connectivity index (χ1) is 14.6. The van der Waals surface area contributed by atoms with Crippen LogP contribution in [0.15, 0.2) is 29.0 Å². The molecule has 2 aromatic rings. The molecule has 0 bridgehead atoms. The van der Waals surface area contributed by atoms with E-state index in [1.54, 1.807) is 19.3 Å². The van der Waals surface area contributed by atoms with E-state index in [0.717, 1.165) is 44.0 Å². The smallest absolute Gasteiger partial charge is 0.241 e. The molecule has 2 aromatic heterocycles. The van der Waals surface area contributed by atoms with Gasteiger partial charge in [-0.05, 0) is 55.6 Å². The number of carbonyl (C=O) groups is 1. The lowest BCUT2D eigenvalue weighted by Crippen LogP contribution is -2.50. The van der Waals surface area contributed by atoms with Gasteiger partial charge < -0.3 is 14.6 Å². The van der Waals surface area contributed by atoms with Crippen LogP contribution in [0.2, 0.25) is 0 Å². The molecule has 1 saturated heterocycles. The van der Waals surface area contributed by atoms with Crippen LogP contribution in [0, 0.1) is 17.8 Å². The minimum absolute atomic E-state index is 0.0304. The van der Waals surface area contributed by atoms with Crippen LogP contribution >= 0.6 is 0 Å². The molecule has 2 saturated carbocycles. The van der Waals surface area contributed by atoms with Gasteiger partial charge in [-0.1, -0.05) is 5.16 Å². The summed E-state index contributed by atoms with van der Waals surface area (Å²) in [6.07, 6.45) is 8.12. The molecule has 0 radical (unpaired) electrons. The molecule has 1 aliphatic heterocycles. The van der Waals surface area contributed by atoms with E-state index in [4.69, 9.17) is 9.26 Å². The lowest BCUT2D eigenvalue weighted by atomic mass is 9.77. The van der Waals surface area contributed by atoms with Gasteiger partial charge in [0.05, 0.1) is 18.7 Å². The molecule has 0 unspecified atom stereocenters. The van der Waals surface area contributed by atoms with Gasteiger partial charge in [0.15, 0.2) is 0 Å². The molecule has 3 heterocycles. The Morgan fingerprint density at radius 1 is 1.23 bits per heavy atom. The fourth-order valence-corrected chi connectivity index (χ4v) is 4.91. The first-order valence-electron chi connectivity index (χ1n) is 11.0. The summed E-state index contributed by atoms with van der Waals surface area (Å²) >= 11 is 0. The monoisotopic (exact) mass is 411 g/mol. The molecule has 1 N–H and O–H groups in total. The van der Waals surface area contributed by atoms with E-state index in [1.807, 2.05) is 12.1 Å². The third-order valence-electron chi connectivity index (χ3n) is 6.59. The van der Waals surface area contributed by atoms with Crippen LogP contribution in [0.5, 0.6) is 0 Å². The second-order valence-corrected chi connectivity index (χ2v) is 9.06. The largest absolute Gasteiger partial charge is 0.376 e. The van der Waals surface area contributed by atoms with Gasteiger partial charge in [-0.3, -0.25) is 14.7 Å². The van der Waals surface area contributed by atoms with Crippen molar-refractivity contribution in [1.29, 1.82) is 0 Å². The Morgan fingerprint density at radius 3 is 2.73 bits per heavy atom. The quantitative estimate of drug-likeness (QED) is 0.747. The summed E-state index contributed by atoms with van der Waals surface area (Å²) in [5.41, 5.74) is 0.906. The number of aromatic nitrogens is 3. The van der Waals surface area contributed by atoms with Crippen LogP contribution in [-0.2, 0) is 16.1 Å². The number of amides is 1. The normalized spacial score (nSPS) is 29.0. The molecule has 5 rings (SSSR count). The Hall–Kier alpha value is -2.32. The van der Waals surface area contributed by atoms with Gasteiger partial charge >= 0.3 is 0 Å². The third-order valence-corrected chi connectivity index (χ3v) is 6.59. The molecule has 160 valence electrons. The summed E-state index contributed by atoms with van der Waals surface area (Å²) in [6, 6.07) is 3.87. The Balaban J connectivity index is 1.21. The summed E-state index contributed by atoms with van der Waals surface area (Å²) in [5, 5.41) is 7.26. The maximum atomic E-state index is 11.7. The molecule has 8 heteroatoms. The summed E-state index contributed by atoms with van der Waals surface area (Å²) in [4.78, 5) is 22.7. The van der Waals surface area contributed by atoms with E-state index in [1.165, 1.54) is 12.8 Å². The van der Waals surface area contributed by atoms with Crippen molar-refractivity contribution in [2.75, 3.05) is 19.7 Å². The second-order valence-electron chi connectivity index (χ2n) is 9.06. The van der Waals surface area contributed by atoms with Crippen molar-refractivity contribution in [2.45, 2.75) is 51.3 Å². The van der Waals surface area contributed by atoms with Gasteiger partial charge in [-0.25, -0.2) is 0 Å². The van der Waals surface area contributed by atoms with Crippen LogP contribution in [0.25, 0.3) is 11.4 Å². The predicted molar refractivity (Wildman–Crippen MR) is 109 cm³/mol. The number of pyridine rings is 1. The average molecular weight is 412 g/mol. The highest BCUT2D eigenvalue weighted by atomic mass is 16.5. The van der Waals surface area contributed by atoms with Crippen molar-refractivity contribution >= 4 is 5.91 Å². The zero-order chi connectivity index (χ0) is 20.5. The van der Waals surface area contributed by atoms with E-state index < -0.39 is 0 Å². The van der Waals surface area contributed by atoms with Crippen molar-refractivity contribution in [3.8, 4) is 11.4 Å². The van der Waals surface area contributed by atoms with E-state index in [-0.39, 0.29) is 18.1 Å². The summed E-state index contributed by atoms with van der Waals surface area (Å²) in [7, 11) is 0. The number of fused-ring (bicyclic) bond motifs is 1. The SMILES string of the molecule is CC(=O)N[C@@H]1C[C@@H]2CN(Cc3nc(-c4ccncc4)no3)C[C@@H]2C[C@H]1OCC1CC1. The van der Waals surface area contributed by atoms with Crippen LogP contribution in [-0.4, -0.2) is 57.8 Å². The minimum Gasteiger partial charge on any atom is -0.376 e. The van der Waals surface area contributed by atoms with Gasteiger partial charge in [0.1, 0.15) is 0 Å². The highest BCUT2D eigenvalue weighted by molar-refractivity contribution is 5.73. The summed E-state index contributed by atoms with van der Waals surface area (Å²) in [5.74, 6) is 3.14. The molecular weight excluding hydrogens is 382 g/mol. The number of hydrogen-bond acceptors (Lipinski definition) is 7. The van der Waals surface area contributed by atoms with Crippen LogP contribution in [0.1, 0.15) is 38.5 Å².